The van der Waals surface area contributed by atoms with Gasteiger partial charge in [0.1, 0.15) is 30.4 Å². The normalized spacial score (nSPS) is 15.5. The molecule has 0 radical (unpaired) electrons. The van der Waals surface area contributed by atoms with Crippen LogP contribution in [0.1, 0.15) is 13.3 Å². The molecule has 0 amide bonds. The Balaban J connectivity index is 1.72. The minimum absolute atomic E-state index is 0.0116. The van der Waals surface area contributed by atoms with Gasteiger partial charge in [-0.3, -0.25) is 9.11 Å². The van der Waals surface area contributed by atoms with Crippen LogP contribution in [0.25, 0.3) is 33.4 Å². The number of benzene rings is 2. The molecule has 0 spiro atoms. The van der Waals surface area contributed by atoms with Gasteiger partial charge in [0.2, 0.25) is 10.0 Å². The van der Waals surface area contributed by atoms with Crippen molar-refractivity contribution < 1.29 is 35.5 Å². The number of nitrogen functional groups attached to an aromatic ring is 1. The van der Waals surface area contributed by atoms with Crippen LogP contribution in [0.5, 0.6) is 5.75 Å². The van der Waals surface area contributed by atoms with Gasteiger partial charge < -0.3 is 20.1 Å². The second kappa shape index (κ2) is 13.2. The number of anilines is 3. The highest BCUT2D eigenvalue weighted by Crippen LogP contribution is 2.40. The standard InChI is InChI=1S/C29H30F4N6O4S/c1-17-16-42-10-8-39(17)29-21-12-18(20-4-2-5-23(25(20)33)38-44(40,41)11-3-6-30)14-24(43-9-7-31)26(21)36-28(37-29)19-13-22(32)27(34)35-15-19/h2,4-5,12-15,17,38H,3,6-11,16H2,1H3,(H2,34,35)/t17-/m1/s1. The third-order valence-corrected chi connectivity index (χ3v) is 8.33. The van der Waals surface area contributed by atoms with Crippen LogP contribution in [0.15, 0.2) is 42.6 Å². The molecular weight excluding hydrogens is 604 g/mol. The summed E-state index contributed by atoms with van der Waals surface area (Å²) in [6.45, 7) is 1.16. The maximum atomic E-state index is 15.9. The summed E-state index contributed by atoms with van der Waals surface area (Å²) < 4.78 is 94.4. The summed E-state index contributed by atoms with van der Waals surface area (Å²) in [7, 11) is -4.01. The number of nitrogens with one attached hydrogen (secondary N) is 1. The first-order chi connectivity index (χ1) is 21.1. The van der Waals surface area contributed by atoms with Gasteiger partial charge in [0, 0.05) is 29.3 Å². The number of aromatic nitrogens is 3. The second-order valence-corrected chi connectivity index (χ2v) is 12.0. The zero-order chi connectivity index (χ0) is 31.4. The number of hydrogen-bond acceptors (Lipinski definition) is 9. The molecular formula is C29H30F4N6O4S. The third kappa shape index (κ3) is 6.63. The van der Waals surface area contributed by atoms with Gasteiger partial charge in [0.05, 0.1) is 37.4 Å². The molecule has 0 saturated carbocycles. The molecule has 1 saturated heterocycles. The van der Waals surface area contributed by atoms with E-state index in [-0.39, 0.29) is 64.4 Å². The molecule has 10 nitrogen and oxygen atoms in total. The van der Waals surface area contributed by atoms with Crippen molar-refractivity contribution >= 4 is 38.2 Å². The number of hydrogen-bond donors (Lipinski definition) is 2. The Bertz CT molecular complexity index is 1780. The smallest absolute Gasteiger partial charge is 0.232 e. The number of alkyl halides is 2. The van der Waals surface area contributed by atoms with Crippen LogP contribution in [-0.2, 0) is 14.8 Å². The number of pyridine rings is 1. The highest BCUT2D eigenvalue weighted by Gasteiger charge is 2.26. The summed E-state index contributed by atoms with van der Waals surface area (Å²) in [5, 5.41) is 0.422. The van der Waals surface area contributed by atoms with E-state index >= 15 is 4.39 Å². The number of morpholine rings is 1. The number of nitrogens with two attached hydrogens (primary N) is 1. The van der Waals surface area contributed by atoms with Crippen LogP contribution >= 0.6 is 0 Å². The lowest BCUT2D eigenvalue weighted by Gasteiger charge is -2.35. The predicted molar refractivity (Wildman–Crippen MR) is 160 cm³/mol. The first-order valence-electron chi connectivity index (χ1n) is 13.8. The summed E-state index contributed by atoms with van der Waals surface area (Å²) in [5.74, 6) is -1.83. The van der Waals surface area contributed by atoms with Crippen molar-refractivity contribution in [1.29, 1.82) is 0 Å². The van der Waals surface area contributed by atoms with Crippen molar-refractivity contribution in [3.63, 3.8) is 0 Å². The Morgan fingerprint density at radius 2 is 1.95 bits per heavy atom. The van der Waals surface area contributed by atoms with E-state index in [9.17, 15) is 21.6 Å². The van der Waals surface area contributed by atoms with Crippen molar-refractivity contribution in [2.75, 3.05) is 60.8 Å². The number of nitrogens with zero attached hydrogens (tertiary/aromatic N) is 4. The molecule has 0 bridgehead atoms. The fourth-order valence-electron chi connectivity index (χ4n) is 4.86. The highest BCUT2D eigenvalue weighted by atomic mass is 32.2. The molecule has 5 rings (SSSR count). The lowest BCUT2D eigenvalue weighted by atomic mass is 10.0. The van der Waals surface area contributed by atoms with E-state index < -0.39 is 40.8 Å². The van der Waals surface area contributed by atoms with Crippen molar-refractivity contribution in [2.24, 2.45) is 0 Å². The fraction of sp³-hybridized carbons (Fsp3) is 0.345. The molecule has 0 unspecified atom stereocenters. The number of rotatable bonds is 11. The average Bonchev–Trinajstić information content (AvgIpc) is 3.01. The second-order valence-electron chi connectivity index (χ2n) is 10.1. The van der Waals surface area contributed by atoms with E-state index in [1.54, 1.807) is 6.07 Å². The highest BCUT2D eigenvalue weighted by molar-refractivity contribution is 7.92. The van der Waals surface area contributed by atoms with Crippen LogP contribution in [0.4, 0.5) is 34.9 Å². The Morgan fingerprint density at radius 3 is 2.68 bits per heavy atom. The topological polar surface area (TPSA) is 133 Å². The minimum atomic E-state index is -4.01. The molecule has 15 heteroatoms. The van der Waals surface area contributed by atoms with Crippen LogP contribution in [0.2, 0.25) is 0 Å². The van der Waals surface area contributed by atoms with Gasteiger partial charge in [0.25, 0.3) is 0 Å². The minimum Gasteiger partial charge on any atom is -0.489 e. The Labute approximate surface area is 251 Å². The SMILES string of the molecule is C[C@@H]1COCCN1c1nc(-c2cnc(N)c(F)c2)nc2c(OCCF)cc(-c3cccc(NS(=O)(=O)CCCF)c3F)cc12. The zero-order valence-electron chi connectivity index (χ0n) is 23.7. The van der Waals surface area contributed by atoms with Gasteiger partial charge >= 0.3 is 0 Å². The van der Waals surface area contributed by atoms with Gasteiger partial charge in [-0.05, 0) is 43.2 Å². The molecule has 234 valence electrons. The van der Waals surface area contributed by atoms with Crippen LogP contribution in [0.3, 0.4) is 0 Å². The van der Waals surface area contributed by atoms with Crippen molar-refractivity contribution in [2.45, 2.75) is 19.4 Å². The van der Waals surface area contributed by atoms with Gasteiger partial charge in [-0.1, -0.05) is 12.1 Å². The van der Waals surface area contributed by atoms with Gasteiger partial charge in [-0.25, -0.2) is 36.5 Å². The zero-order valence-corrected chi connectivity index (χ0v) is 24.5. The summed E-state index contributed by atoms with van der Waals surface area (Å²) in [4.78, 5) is 15.2. The summed E-state index contributed by atoms with van der Waals surface area (Å²) in [6.07, 6.45) is 1.10. The third-order valence-electron chi connectivity index (χ3n) is 6.97. The largest absolute Gasteiger partial charge is 0.489 e. The summed E-state index contributed by atoms with van der Waals surface area (Å²) >= 11 is 0. The fourth-order valence-corrected chi connectivity index (χ4v) is 5.94. The van der Waals surface area contributed by atoms with Crippen molar-refractivity contribution in [3.05, 3.63) is 54.2 Å². The Morgan fingerprint density at radius 1 is 1.14 bits per heavy atom. The van der Waals surface area contributed by atoms with E-state index in [0.717, 1.165) is 6.07 Å². The van der Waals surface area contributed by atoms with E-state index in [1.807, 2.05) is 11.8 Å². The number of sulfonamides is 1. The molecule has 1 aliphatic rings. The molecule has 2 aromatic heterocycles. The van der Waals surface area contributed by atoms with Crippen LogP contribution < -0.4 is 20.1 Å². The molecule has 1 fully saturated rings. The van der Waals surface area contributed by atoms with Crippen molar-refractivity contribution in [3.8, 4) is 28.3 Å². The van der Waals surface area contributed by atoms with Crippen LogP contribution in [0, 0.1) is 11.6 Å². The maximum Gasteiger partial charge on any atom is 0.232 e. The first kappa shape index (κ1) is 31.2. The van der Waals surface area contributed by atoms with Gasteiger partial charge in [0.15, 0.2) is 23.3 Å². The van der Waals surface area contributed by atoms with Gasteiger partial charge in [-0.15, -0.1) is 0 Å². The number of ether oxygens (including phenoxy) is 2. The number of halogens is 4. The quantitative estimate of drug-likeness (QED) is 0.221. The molecule has 0 aliphatic carbocycles. The molecule has 4 aromatic rings. The predicted octanol–water partition coefficient (Wildman–Crippen LogP) is 4.89. The average molecular weight is 635 g/mol. The molecule has 44 heavy (non-hydrogen) atoms. The molecule has 1 atom stereocenters. The van der Waals surface area contributed by atoms with Crippen molar-refractivity contribution in [1.82, 2.24) is 15.0 Å². The van der Waals surface area contributed by atoms with Gasteiger partial charge in [-0.2, -0.15) is 0 Å². The summed E-state index contributed by atoms with van der Waals surface area (Å²) in [5.41, 5.74) is 6.01. The summed E-state index contributed by atoms with van der Waals surface area (Å²) in [6, 6.07) is 8.26. The Kier molecular flexibility index (Phi) is 9.34. The molecule has 1 aliphatic heterocycles. The van der Waals surface area contributed by atoms with E-state index in [1.165, 1.54) is 30.5 Å². The molecule has 2 aromatic carbocycles. The monoisotopic (exact) mass is 634 g/mol. The van der Waals surface area contributed by atoms with E-state index in [2.05, 4.69) is 14.7 Å². The molecule has 3 heterocycles. The number of fused-ring (bicyclic) bond motifs is 1. The lowest BCUT2D eigenvalue weighted by Crippen LogP contribution is -2.44. The molecule has 3 N–H and O–H groups in total. The van der Waals surface area contributed by atoms with E-state index in [4.69, 9.17) is 20.2 Å². The van der Waals surface area contributed by atoms with Crippen LogP contribution in [-0.4, -0.2) is 74.9 Å². The Hall–Kier alpha value is -4.24. The lowest BCUT2D eigenvalue weighted by molar-refractivity contribution is 0.0987. The van der Waals surface area contributed by atoms with E-state index in [0.29, 0.717) is 31.0 Å². The maximum absolute atomic E-state index is 15.9. The first-order valence-corrected chi connectivity index (χ1v) is 15.4.